The summed E-state index contributed by atoms with van der Waals surface area (Å²) < 4.78 is 5.85. The van der Waals surface area contributed by atoms with Crippen LogP contribution in [0.1, 0.15) is 25.3 Å². The van der Waals surface area contributed by atoms with Crippen molar-refractivity contribution in [3.63, 3.8) is 0 Å². The van der Waals surface area contributed by atoms with E-state index in [1.807, 2.05) is 47.1 Å². The van der Waals surface area contributed by atoms with Crippen LogP contribution in [0.2, 0.25) is 0 Å². The molecule has 0 saturated carbocycles. The molecule has 2 heterocycles. The van der Waals surface area contributed by atoms with Crippen LogP contribution in [0.5, 0.6) is 0 Å². The van der Waals surface area contributed by atoms with Crippen molar-refractivity contribution >= 4 is 40.2 Å². The van der Waals surface area contributed by atoms with Gasteiger partial charge in [-0.2, -0.15) is 0 Å². The zero-order valence-corrected chi connectivity index (χ0v) is 15.9. The highest BCUT2D eigenvalue weighted by atomic mass is 32.2. The summed E-state index contributed by atoms with van der Waals surface area (Å²) in [5.41, 5.74) is 0.982. The van der Waals surface area contributed by atoms with Gasteiger partial charge in [0.25, 0.3) is 0 Å². The van der Waals surface area contributed by atoms with Gasteiger partial charge in [0.2, 0.25) is 5.91 Å². The van der Waals surface area contributed by atoms with E-state index in [1.54, 1.807) is 0 Å². The fraction of sp³-hybridized carbons (Fsp3) is 0.500. The number of rotatable bonds is 4. The monoisotopic (exact) mass is 378 g/mol. The zero-order valence-electron chi connectivity index (χ0n) is 14.2. The standard InChI is InChI=1S/C18H22N2O3S2/c1-13-11-23-18(22)20(13)15-7-9-19(10-8-15)16(21)12-25-17(24)14-5-3-2-4-6-14/h2-6,13,15H,7-12H2,1H3. The fourth-order valence-corrected chi connectivity index (χ4v) is 4.36. The van der Waals surface area contributed by atoms with E-state index in [-0.39, 0.29) is 24.1 Å². The Morgan fingerprint density at radius 3 is 2.56 bits per heavy atom. The SMILES string of the molecule is CC1COC(=O)N1C1CCN(C(=O)CSC(=S)c2ccccc2)CC1. The molecule has 2 fully saturated rings. The lowest BCUT2D eigenvalue weighted by atomic mass is 10.0. The second-order valence-electron chi connectivity index (χ2n) is 6.39. The minimum atomic E-state index is -0.221. The topological polar surface area (TPSA) is 49.9 Å². The first-order valence-electron chi connectivity index (χ1n) is 8.51. The molecule has 25 heavy (non-hydrogen) atoms. The molecule has 1 aromatic carbocycles. The molecule has 0 spiro atoms. The van der Waals surface area contributed by atoms with Gasteiger partial charge >= 0.3 is 6.09 Å². The quantitative estimate of drug-likeness (QED) is 0.754. The van der Waals surface area contributed by atoms with Crippen molar-refractivity contribution in [3.05, 3.63) is 35.9 Å². The Balaban J connectivity index is 1.45. The average molecular weight is 379 g/mol. The predicted molar refractivity (Wildman–Crippen MR) is 103 cm³/mol. The Bertz CT molecular complexity index is 645. The highest BCUT2D eigenvalue weighted by Crippen LogP contribution is 2.24. The molecule has 1 atom stereocenters. The highest BCUT2D eigenvalue weighted by molar-refractivity contribution is 8.24. The molecular weight excluding hydrogens is 356 g/mol. The molecule has 0 radical (unpaired) electrons. The van der Waals surface area contributed by atoms with E-state index in [9.17, 15) is 9.59 Å². The molecule has 3 rings (SSSR count). The van der Waals surface area contributed by atoms with Gasteiger partial charge in [0, 0.05) is 19.1 Å². The number of benzene rings is 1. The number of amides is 2. The fourth-order valence-electron chi connectivity index (χ4n) is 3.31. The van der Waals surface area contributed by atoms with Gasteiger partial charge in [-0.25, -0.2) is 4.79 Å². The number of carbonyl (C=O) groups excluding carboxylic acids is 2. The molecule has 1 unspecified atom stereocenters. The zero-order chi connectivity index (χ0) is 17.8. The van der Waals surface area contributed by atoms with E-state index in [0.717, 1.165) is 22.6 Å². The van der Waals surface area contributed by atoms with Gasteiger partial charge in [-0.1, -0.05) is 42.5 Å². The molecule has 2 saturated heterocycles. The predicted octanol–water partition coefficient (Wildman–Crippen LogP) is 2.93. The van der Waals surface area contributed by atoms with E-state index >= 15 is 0 Å². The summed E-state index contributed by atoms with van der Waals surface area (Å²) in [5.74, 6) is 0.472. The maximum atomic E-state index is 12.4. The first kappa shape index (κ1) is 18.2. The molecule has 2 amide bonds. The summed E-state index contributed by atoms with van der Waals surface area (Å²) in [6.07, 6.45) is 1.39. The smallest absolute Gasteiger partial charge is 0.410 e. The van der Waals surface area contributed by atoms with Crippen molar-refractivity contribution in [2.24, 2.45) is 0 Å². The molecule has 0 N–H and O–H groups in total. The van der Waals surface area contributed by atoms with Crippen molar-refractivity contribution in [3.8, 4) is 0 Å². The first-order chi connectivity index (χ1) is 12.1. The molecule has 2 aliphatic heterocycles. The number of hydrogen-bond donors (Lipinski definition) is 0. The molecule has 0 aliphatic carbocycles. The first-order valence-corrected chi connectivity index (χ1v) is 9.90. The third-order valence-corrected chi connectivity index (χ3v) is 6.16. The minimum Gasteiger partial charge on any atom is -0.447 e. The lowest BCUT2D eigenvalue weighted by Gasteiger charge is -2.37. The molecule has 7 heteroatoms. The number of thiocarbonyl (C=S) groups is 1. The summed E-state index contributed by atoms with van der Waals surface area (Å²) in [6, 6.07) is 10.1. The molecule has 5 nitrogen and oxygen atoms in total. The van der Waals surface area contributed by atoms with Gasteiger partial charge in [-0.05, 0) is 25.3 Å². The van der Waals surface area contributed by atoms with Crippen molar-refractivity contribution < 1.29 is 14.3 Å². The van der Waals surface area contributed by atoms with Gasteiger partial charge < -0.3 is 9.64 Å². The molecule has 1 aromatic rings. The number of piperidine rings is 1. The molecule has 0 aromatic heterocycles. The van der Waals surface area contributed by atoms with Crippen molar-refractivity contribution in [1.82, 2.24) is 9.80 Å². The van der Waals surface area contributed by atoms with Crippen molar-refractivity contribution in [2.45, 2.75) is 31.8 Å². The Morgan fingerprint density at radius 1 is 1.28 bits per heavy atom. The van der Waals surface area contributed by atoms with Gasteiger partial charge in [-0.3, -0.25) is 9.69 Å². The van der Waals surface area contributed by atoms with Gasteiger partial charge in [0.05, 0.1) is 16.0 Å². The van der Waals surface area contributed by atoms with E-state index in [0.29, 0.717) is 25.4 Å². The van der Waals surface area contributed by atoms with Crippen LogP contribution in [0, 0.1) is 0 Å². The van der Waals surface area contributed by atoms with Gasteiger partial charge in [0.1, 0.15) is 6.61 Å². The van der Waals surface area contributed by atoms with Crippen molar-refractivity contribution in [1.29, 1.82) is 0 Å². The van der Waals surface area contributed by atoms with Crippen LogP contribution in [0.4, 0.5) is 4.79 Å². The minimum absolute atomic E-state index is 0.110. The Morgan fingerprint density at radius 2 is 1.96 bits per heavy atom. The summed E-state index contributed by atoms with van der Waals surface area (Å²) in [5, 5.41) is 0. The Labute approximate surface area is 157 Å². The normalized spacial score (nSPS) is 21.3. The average Bonchev–Trinajstić information content (AvgIpc) is 2.98. The summed E-state index contributed by atoms with van der Waals surface area (Å²) in [7, 11) is 0. The lowest BCUT2D eigenvalue weighted by molar-refractivity contribution is -0.129. The Hall–Kier alpha value is -1.60. The molecular formula is C18H22N2O3S2. The highest BCUT2D eigenvalue weighted by Gasteiger charge is 2.37. The number of cyclic esters (lactones) is 1. The third kappa shape index (κ3) is 4.33. The van der Waals surface area contributed by atoms with Crippen molar-refractivity contribution in [2.75, 3.05) is 25.4 Å². The molecule has 2 aliphatic rings. The second kappa shape index (κ2) is 8.19. The van der Waals surface area contributed by atoms with Crippen LogP contribution in [0.25, 0.3) is 0 Å². The number of carbonyl (C=O) groups is 2. The van der Waals surface area contributed by atoms with Crippen LogP contribution in [0.15, 0.2) is 30.3 Å². The van der Waals surface area contributed by atoms with Crippen LogP contribution in [-0.2, 0) is 9.53 Å². The number of nitrogens with zero attached hydrogens (tertiary/aromatic N) is 2. The van der Waals surface area contributed by atoms with Crippen LogP contribution < -0.4 is 0 Å². The number of likely N-dealkylation sites (tertiary alicyclic amines) is 1. The number of ether oxygens (including phenoxy) is 1. The van der Waals surface area contributed by atoms with Crippen LogP contribution in [-0.4, -0.2) is 63.5 Å². The summed E-state index contributed by atoms with van der Waals surface area (Å²) in [4.78, 5) is 28.0. The summed E-state index contributed by atoms with van der Waals surface area (Å²) in [6.45, 7) is 3.83. The van der Waals surface area contributed by atoms with Gasteiger partial charge in [0.15, 0.2) is 0 Å². The van der Waals surface area contributed by atoms with E-state index in [2.05, 4.69) is 0 Å². The van der Waals surface area contributed by atoms with Crippen LogP contribution >= 0.6 is 24.0 Å². The maximum absolute atomic E-state index is 12.4. The van der Waals surface area contributed by atoms with Crippen LogP contribution in [0.3, 0.4) is 0 Å². The van der Waals surface area contributed by atoms with E-state index in [4.69, 9.17) is 17.0 Å². The molecule has 0 bridgehead atoms. The van der Waals surface area contributed by atoms with Gasteiger partial charge in [-0.15, -0.1) is 11.8 Å². The number of hydrogen-bond acceptors (Lipinski definition) is 5. The lowest BCUT2D eigenvalue weighted by Crippen LogP contribution is -2.49. The molecule has 134 valence electrons. The maximum Gasteiger partial charge on any atom is 0.410 e. The van der Waals surface area contributed by atoms with E-state index in [1.165, 1.54) is 11.8 Å². The Kier molecular flexibility index (Phi) is 5.96. The second-order valence-corrected chi connectivity index (χ2v) is 8.04. The van der Waals surface area contributed by atoms with E-state index < -0.39 is 0 Å². The number of thioether (sulfide) groups is 1. The largest absolute Gasteiger partial charge is 0.447 e. The third-order valence-electron chi connectivity index (χ3n) is 4.68. The summed E-state index contributed by atoms with van der Waals surface area (Å²) >= 11 is 6.81.